The van der Waals surface area contributed by atoms with Crippen molar-refractivity contribution in [3.8, 4) is 17.2 Å². The summed E-state index contributed by atoms with van der Waals surface area (Å²) in [6.45, 7) is 3.62. The third-order valence-electron chi connectivity index (χ3n) is 5.91. The van der Waals surface area contributed by atoms with E-state index in [1.54, 1.807) is 36.1 Å². The molecule has 1 aromatic carbocycles. The normalized spacial score (nSPS) is 14.1. The van der Waals surface area contributed by atoms with E-state index in [0.29, 0.717) is 33.5 Å². The number of Topliss-reactive ketones (excluding diaryl/α,β-unsaturated/α-hetero) is 1. The largest absolute Gasteiger partial charge is 0.389 e. The van der Waals surface area contributed by atoms with Crippen LogP contribution in [0.5, 0.6) is 0 Å². The van der Waals surface area contributed by atoms with Crippen molar-refractivity contribution in [3.05, 3.63) is 51.9 Å². The lowest BCUT2D eigenvalue weighted by Gasteiger charge is -2.39. The van der Waals surface area contributed by atoms with Crippen LogP contribution in [-0.2, 0) is 0 Å². The van der Waals surface area contributed by atoms with Crippen LogP contribution in [0, 0.1) is 18.3 Å². The van der Waals surface area contributed by atoms with E-state index in [2.05, 4.69) is 15.1 Å². The average molecular weight is 483 g/mol. The number of rotatable bonds is 4. The number of nitriles is 1. The third kappa shape index (κ3) is 3.20. The van der Waals surface area contributed by atoms with Crippen LogP contribution in [0.1, 0.15) is 40.7 Å². The molecule has 1 saturated heterocycles. The molecule has 0 bridgehead atoms. The van der Waals surface area contributed by atoms with E-state index in [4.69, 9.17) is 11.6 Å². The molecule has 5 rings (SSSR count). The summed E-state index contributed by atoms with van der Waals surface area (Å²) < 4.78 is 28.6. The number of hydrogen-bond donors (Lipinski definition) is 1. The lowest BCUT2D eigenvalue weighted by molar-refractivity contribution is 0.101. The number of aliphatic hydroxyl groups is 1. The minimum absolute atomic E-state index is 0.0151. The zero-order valence-corrected chi connectivity index (χ0v) is 18.8. The minimum Gasteiger partial charge on any atom is -0.389 e. The Hall–Kier alpha value is -3.68. The van der Waals surface area contributed by atoms with Crippen molar-refractivity contribution in [3.63, 3.8) is 0 Å². The minimum atomic E-state index is -2.96. The van der Waals surface area contributed by atoms with E-state index in [-0.39, 0.29) is 40.7 Å². The van der Waals surface area contributed by atoms with Crippen molar-refractivity contribution >= 4 is 39.8 Å². The number of aromatic nitrogens is 4. The molecule has 0 aliphatic carbocycles. The molecule has 1 N–H and O–H groups in total. The van der Waals surface area contributed by atoms with Gasteiger partial charge in [0.1, 0.15) is 23.1 Å². The number of aliphatic hydroxyl groups excluding tert-OH is 1. The van der Waals surface area contributed by atoms with E-state index >= 15 is 0 Å². The second-order valence-corrected chi connectivity index (χ2v) is 8.50. The number of fused-ring (bicyclic) bond motifs is 2. The van der Waals surface area contributed by atoms with Crippen LogP contribution >= 0.6 is 11.6 Å². The van der Waals surface area contributed by atoms with Crippen LogP contribution in [-0.4, -0.2) is 49.7 Å². The fraction of sp³-hybridized carbons (Fsp3) is 0.261. The zero-order chi connectivity index (χ0) is 24.3. The van der Waals surface area contributed by atoms with Gasteiger partial charge in [-0.2, -0.15) is 14.9 Å². The van der Waals surface area contributed by atoms with Gasteiger partial charge in [0.25, 0.3) is 6.43 Å². The number of halogens is 3. The van der Waals surface area contributed by atoms with Crippen molar-refractivity contribution in [1.82, 2.24) is 19.6 Å². The molecular weight excluding hydrogens is 466 g/mol. The molecule has 0 spiro atoms. The molecule has 0 unspecified atom stereocenters. The van der Waals surface area contributed by atoms with Gasteiger partial charge in [0.2, 0.25) is 0 Å². The second-order valence-electron chi connectivity index (χ2n) is 8.10. The van der Waals surface area contributed by atoms with Crippen LogP contribution in [0.4, 0.5) is 14.6 Å². The molecule has 4 aromatic rings. The first-order chi connectivity index (χ1) is 16.2. The van der Waals surface area contributed by atoms with Gasteiger partial charge in [-0.25, -0.2) is 13.8 Å². The Bertz CT molecular complexity index is 1540. The smallest absolute Gasteiger partial charge is 0.283 e. The van der Waals surface area contributed by atoms with E-state index < -0.39 is 18.2 Å². The highest BCUT2D eigenvalue weighted by atomic mass is 35.5. The van der Waals surface area contributed by atoms with Gasteiger partial charge in [-0.15, -0.1) is 0 Å². The predicted octanol–water partition coefficient (Wildman–Crippen LogP) is 4.10. The van der Waals surface area contributed by atoms with E-state index in [0.717, 1.165) is 0 Å². The predicted molar refractivity (Wildman–Crippen MR) is 121 cm³/mol. The summed E-state index contributed by atoms with van der Waals surface area (Å²) in [7, 11) is 0. The van der Waals surface area contributed by atoms with Gasteiger partial charge >= 0.3 is 0 Å². The number of carbonyl (C=O) groups is 1. The quantitative estimate of drug-likeness (QED) is 0.436. The molecule has 34 heavy (non-hydrogen) atoms. The molecule has 0 atom stereocenters. The Balaban J connectivity index is 1.90. The van der Waals surface area contributed by atoms with Crippen molar-refractivity contribution in [2.45, 2.75) is 26.4 Å². The molecule has 8 nitrogen and oxygen atoms in total. The summed E-state index contributed by atoms with van der Waals surface area (Å²) in [5.74, 6) is 0.173. The number of nitrogens with zero attached hydrogens (tertiary/aromatic N) is 6. The molecule has 1 aliphatic heterocycles. The highest BCUT2D eigenvalue weighted by Gasteiger charge is 2.33. The van der Waals surface area contributed by atoms with Gasteiger partial charge in [0, 0.05) is 30.2 Å². The Kier molecular flexibility index (Phi) is 5.19. The monoisotopic (exact) mass is 482 g/mol. The number of pyridine rings is 1. The molecular formula is C23H17ClF2N6O2. The molecule has 0 radical (unpaired) electrons. The standard InChI is InChI=1S/C23H17ClF2N6O2/c1-10-17(13-5-6-28-19-14(13)3-4-16(24)18(19)11(2)33)23(31-8-12(34)9-31)32-22(29-10)15(7-27)20(30-32)21(25)26/h3-6,12,21,34H,8-9H2,1-2H3. The Morgan fingerprint density at radius 2 is 2.06 bits per heavy atom. The molecule has 0 saturated carbocycles. The maximum absolute atomic E-state index is 13.7. The fourth-order valence-electron chi connectivity index (χ4n) is 4.40. The Morgan fingerprint density at radius 1 is 1.32 bits per heavy atom. The Labute approximate surface area is 197 Å². The number of hydrogen-bond acceptors (Lipinski definition) is 7. The van der Waals surface area contributed by atoms with Crippen LogP contribution in [0.3, 0.4) is 0 Å². The molecule has 1 fully saturated rings. The number of anilines is 1. The first kappa shape index (κ1) is 22.1. The van der Waals surface area contributed by atoms with Gasteiger partial charge in [0.05, 0.1) is 27.9 Å². The second kappa shape index (κ2) is 7.97. The fourth-order valence-corrected chi connectivity index (χ4v) is 4.69. The van der Waals surface area contributed by atoms with Crippen molar-refractivity contribution in [2.24, 2.45) is 0 Å². The Morgan fingerprint density at radius 3 is 2.68 bits per heavy atom. The average Bonchev–Trinajstić information content (AvgIpc) is 3.13. The van der Waals surface area contributed by atoms with Gasteiger partial charge in [-0.3, -0.25) is 9.78 Å². The molecule has 1 aliphatic rings. The van der Waals surface area contributed by atoms with Gasteiger partial charge in [-0.1, -0.05) is 17.7 Å². The van der Waals surface area contributed by atoms with Gasteiger partial charge < -0.3 is 10.0 Å². The van der Waals surface area contributed by atoms with E-state index in [1.807, 2.05) is 0 Å². The van der Waals surface area contributed by atoms with E-state index in [9.17, 15) is 23.9 Å². The lowest BCUT2D eigenvalue weighted by atomic mass is 9.96. The highest BCUT2D eigenvalue weighted by Crippen LogP contribution is 2.41. The van der Waals surface area contributed by atoms with Crippen LogP contribution < -0.4 is 4.90 Å². The summed E-state index contributed by atoms with van der Waals surface area (Å²) in [6.07, 6.45) is -2.01. The SMILES string of the molecule is CC(=O)c1c(Cl)ccc2c(-c3c(C)nc4c(C#N)c(C(F)F)nn4c3N3CC(O)C3)ccnc12. The summed E-state index contributed by atoms with van der Waals surface area (Å²) in [6, 6.07) is 6.87. The highest BCUT2D eigenvalue weighted by molar-refractivity contribution is 6.35. The molecule has 4 heterocycles. The number of alkyl halides is 2. The number of ketones is 1. The third-order valence-corrected chi connectivity index (χ3v) is 6.23. The molecule has 0 amide bonds. The van der Waals surface area contributed by atoms with Gasteiger partial charge in [0.15, 0.2) is 11.4 Å². The maximum atomic E-state index is 13.7. The maximum Gasteiger partial charge on any atom is 0.283 e. The number of benzene rings is 1. The summed E-state index contributed by atoms with van der Waals surface area (Å²) >= 11 is 6.28. The van der Waals surface area contributed by atoms with E-state index in [1.165, 1.54) is 17.6 Å². The topological polar surface area (TPSA) is 107 Å². The van der Waals surface area contributed by atoms with Crippen LogP contribution in [0.25, 0.3) is 27.7 Å². The van der Waals surface area contributed by atoms with Crippen LogP contribution in [0.2, 0.25) is 5.02 Å². The number of carbonyl (C=O) groups excluding carboxylic acids is 1. The summed E-state index contributed by atoms with van der Waals surface area (Å²) in [5, 5.41) is 24.4. The number of β-amino-alcohol motifs (C(OH)–C–C–N with tert-alkyl or cyclic N) is 1. The van der Waals surface area contributed by atoms with Crippen molar-refractivity contribution < 1.29 is 18.7 Å². The summed E-state index contributed by atoms with van der Waals surface area (Å²) in [4.78, 5) is 22.9. The zero-order valence-electron chi connectivity index (χ0n) is 18.1. The first-order valence-corrected chi connectivity index (χ1v) is 10.7. The van der Waals surface area contributed by atoms with Crippen LogP contribution in [0.15, 0.2) is 24.4 Å². The van der Waals surface area contributed by atoms with Gasteiger partial charge in [-0.05, 0) is 31.5 Å². The van der Waals surface area contributed by atoms with Crippen molar-refractivity contribution in [1.29, 1.82) is 5.26 Å². The number of aryl methyl sites for hydroxylation is 1. The molecule has 11 heteroatoms. The first-order valence-electron chi connectivity index (χ1n) is 10.4. The lowest BCUT2D eigenvalue weighted by Crippen LogP contribution is -2.51. The van der Waals surface area contributed by atoms with Crippen molar-refractivity contribution in [2.75, 3.05) is 18.0 Å². The molecule has 172 valence electrons. The molecule has 3 aromatic heterocycles. The summed E-state index contributed by atoms with van der Waals surface area (Å²) in [5.41, 5.74) is 1.42.